The molecule has 6 heteroatoms. The van der Waals surface area contributed by atoms with Crippen molar-refractivity contribution < 1.29 is 14.3 Å². The van der Waals surface area contributed by atoms with E-state index in [1.165, 1.54) is 6.92 Å². The molecule has 110 valence electrons. The number of nitrogens with one attached hydrogen (secondary N) is 1. The average Bonchev–Trinajstić information content (AvgIpc) is 2.45. The molecule has 5 nitrogen and oxygen atoms in total. The van der Waals surface area contributed by atoms with E-state index in [9.17, 15) is 9.59 Å². The van der Waals surface area contributed by atoms with Gasteiger partial charge in [-0.1, -0.05) is 23.7 Å². The first kappa shape index (κ1) is 15.3. The number of ether oxygens (including phenoxy) is 1. The maximum atomic E-state index is 12.3. The van der Waals surface area contributed by atoms with E-state index in [0.717, 1.165) is 0 Å². The van der Waals surface area contributed by atoms with Crippen molar-refractivity contribution in [2.45, 2.75) is 19.9 Å². The van der Waals surface area contributed by atoms with Crippen LogP contribution >= 0.6 is 11.6 Å². The topological polar surface area (TPSA) is 68.3 Å². The third kappa shape index (κ3) is 3.13. The largest absolute Gasteiger partial charge is 0.496 e. The minimum atomic E-state index is -0.584. The summed E-state index contributed by atoms with van der Waals surface area (Å²) in [6.07, 6.45) is 0. The second kappa shape index (κ2) is 6.10. The first-order valence-electron chi connectivity index (χ1n) is 6.38. The fourth-order valence-corrected chi connectivity index (χ4v) is 2.13. The smallest absolute Gasteiger partial charge is 0.271 e. The number of ketones is 1. The molecular weight excluding hydrogens is 292 g/mol. The number of hydrogen-bond acceptors (Lipinski definition) is 4. The first-order valence-corrected chi connectivity index (χ1v) is 6.76. The van der Waals surface area contributed by atoms with Crippen molar-refractivity contribution in [3.05, 3.63) is 35.1 Å². The van der Waals surface area contributed by atoms with Gasteiger partial charge in [-0.25, -0.2) is 4.98 Å². The molecule has 1 amide bonds. The molecule has 2 aromatic rings. The second-order valence-electron chi connectivity index (χ2n) is 4.65. The number of benzene rings is 1. The van der Waals surface area contributed by atoms with Gasteiger partial charge in [0.2, 0.25) is 0 Å². The van der Waals surface area contributed by atoms with Crippen LogP contribution in [-0.4, -0.2) is 29.8 Å². The van der Waals surface area contributed by atoms with Crippen LogP contribution in [0.15, 0.2) is 24.3 Å². The summed E-state index contributed by atoms with van der Waals surface area (Å²) in [7, 11) is 1.54. The molecule has 1 heterocycles. The van der Waals surface area contributed by atoms with Crippen molar-refractivity contribution in [1.29, 1.82) is 0 Å². The molecule has 0 aliphatic carbocycles. The Labute approximate surface area is 127 Å². The molecule has 0 bridgehead atoms. The van der Waals surface area contributed by atoms with Gasteiger partial charge in [-0.2, -0.15) is 0 Å². The van der Waals surface area contributed by atoms with E-state index in [4.69, 9.17) is 16.3 Å². The van der Waals surface area contributed by atoms with Gasteiger partial charge in [0.15, 0.2) is 5.78 Å². The summed E-state index contributed by atoms with van der Waals surface area (Å²) in [5.74, 6) is 0.0242. The van der Waals surface area contributed by atoms with Gasteiger partial charge >= 0.3 is 0 Å². The maximum absolute atomic E-state index is 12.3. The highest BCUT2D eigenvalue weighted by Crippen LogP contribution is 2.29. The minimum Gasteiger partial charge on any atom is -0.496 e. The number of halogens is 1. The number of Topliss-reactive ketones (excluding diaryl/α,β-unsaturated/α-hetero) is 1. The molecule has 0 saturated carbocycles. The van der Waals surface area contributed by atoms with Crippen molar-refractivity contribution in [1.82, 2.24) is 10.3 Å². The minimum absolute atomic E-state index is 0.132. The zero-order valence-electron chi connectivity index (χ0n) is 11.9. The van der Waals surface area contributed by atoms with Gasteiger partial charge in [-0.05, 0) is 26.0 Å². The van der Waals surface area contributed by atoms with Crippen molar-refractivity contribution in [2.24, 2.45) is 0 Å². The maximum Gasteiger partial charge on any atom is 0.271 e. The molecule has 21 heavy (non-hydrogen) atoms. The fraction of sp³-hybridized carbons (Fsp3) is 0.267. The zero-order valence-corrected chi connectivity index (χ0v) is 12.7. The highest BCUT2D eigenvalue weighted by molar-refractivity contribution is 6.30. The predicted octanol–water partition coefficient (Wildman–Crippen LogP) is 2.60. The number of carbonyl (C=O) groups excluding carboxylic acids is 2. The highest BCUT2D eigenvalue weighted by Gasteiger charge is 2.18. The number of rotatable bonds is 4. The number of pyridine rings is 1. The lowest BCUT2D eigenvalue weighted by atomic mass is 10.1. The highest BCUT2D eigenvalue weighted by atomic mass is 35.5. The Morgan fingerprint density at radius 3 is 2.67 bits per heavy atom. The van der Waals surface area contributed by atoms with E-state index in [-0.39, 0.29) is 16.6 Å². The number of amides is 1. The van der Waals surface area contributed by atoms with Crippen LogP contribution in [0.2, 0.25) is 5.15 Å². The quantitative estimate of drug-likeness (QED) is 0.882. The molecule has 2 rings (SSSR count). The van der Waals surface area contributed by atoms with E-state index >= 15 is 0 Å². The van der Waals surface area contributed by atoms with E-state index in [1.807, 2.05) is 0 Å². The number of nitrogens with zero attached hydrogens (tertiary/aromatic N) is 1. The standard InChI is InChI=1S/C15H15ClN2O3/c1-8(9(2)19)17-15(20)14-10-5-4-6-12(21-3)11(10)7-13(16)18-14/h4-8H,1-3H3,(H,17,20). The molecule has 0 spiro atoms. The SMILES string of the molecule is COc1cccc2c(C(=O)NC(C)C(C)=O)nc(Cl)cc12. The number of aromatic nitrogens is 1. The first-order chi connectivity index (χ1) is 9.93. The summed E-state index contributed by atoms with van der Waals surface area (Å²) in [5.41, 5.74) is 0.171. The Hall–Kier alpha value is -2.14. The van der Waals surface area contributed by atoms with Crippen molar-refractivity contribution in [2.75, 3.05) is 7.11 Å². The fourth-order valence-electron chi connectivity index (χ4n) is 1.94. The van der Waals surface area contributed by atoms with Gasteiger partial charge < -0.3 is 10.1 Å². The van der Waals surface area contributed by atoms with E-state index in [0.29, 0.717) is 16.5 Å². The lowest BCUT2D eigenvalue weighted by Crippen LogP contribution is -2.37. The molecule has 1 atom stereocenters. The lowest BCUT2D eigenvalue weighted by Gasteiger charge is -2.13. The second-order valence-corrected chi connectivity index (χ2v) is 5.04. The van der Waals surface area contributed by atoms with Crippen molar-refractivity contribution in [3.63, 3.8) is 0 Å². The van der Waals surface area contributed by atoms with Gasteiger partial charge in [0.05, 0.1) is 13.2 Å². The third-order valence-electron chi connectivity index (χ3n) is 3.20. The molecule has 0 saturated heterocycles. The Kier molecular flexibility index (Phi) is 4.43. The van der Waals surface area contributed by atoms with Crippen LogP contribution in [-0.2, 0) is 4.79 Å². The Bertz CT molecular complexity index is 715. The molecule has 0 aliphatic rings. The molecule has 0 fully saturated rings. The summed E-state index contributed by atoms with van der Waals surface area (Å²) in [6.45, 7) is 3.03. The summed E-state index contributed by atoms with van der Waals surface area (Å²) in [4.78, 5) is 27.6. The van der Waals surface area contributed by atoms with Gasteiger partial charge in [0.1, 0.15) is 16.6 Å². The van der Waals surface area contributed by atoms with Gasteiger partial charge in [0, 0.05) is 10.8 Å². The Morgan fingerprint density at radius 2 is 2.05 bits per heavy atom. The number of carbonyl (C=O) groups is 2. The van der Waals surface area contributed by atoms with Crippen LogP contribution in [0.3, 0.4) is 0 Å². The monoisotopic (exact) mass is 306 g/mol. The van der Waals surface area contributed by atoms with Crippen LogP contribution < -0.4 is 10.1 Å². The van der Waals surface area contributed by atoms with E-state index < -0.39 is 11.9 Å². The normalized spacial score (nSPS) is 12.0. The number of hydrogen-bond donors (Lipinski definition) is 1. The predicted molar refractivity (Wildman–Crippen MR) is 80.9 cm³/mol. The molecule has 0 aliphatic heterocycles. The van der Waals surface area contributed by atoms with Crippen LogP contribution in [0.1, 0.15) is 24.3 Å². The summed E-state index contributed by atoms with van der Waals surface area (Å²) >= 11 is 5.98. The average molecular weight is 307 g/mol. The zero-order chi connectivity index (χ0) is 15.6. The summed E-state index contributed by atoms with van der Waals surface area (Å²) < 4.78 is 5.26. The van der Waals surface area contributed by atoms with Crippen molar-refractivity contribution in [3.8, 4) is 5.75 Å². The van der Waals surface area contributed by atoms with Crippen LogP contribution in [0.5, 0.6) is 5.75 Å². The molecule has 1 N–H and O–H groups in total. The lowest BCUT2D eigenvalue weighted by molar-refractivity contribution is -0.118. The molecule has 1 aromatic carbocycles. The third-order valence-corrected chi connectivity index (χ3v) is 3.39. The van der Waals surface area contributed by atoms with Gasteiger partial charge in [-0.15, -0.1) is 0 Å². The van der Waals surface area contributed by atoms with E-state index in [1.54, 1.807) is 38.3 Å². The van der Waals surface area contributed by atoms with Crippen LogP contribution in [0.4, 0.5) is 0 Å². The molecule has 0 radical (unpaired) electrons. The molecule has 1 aromatic heterocycles. The molecule has 1 unspecified atom stereocenters. The number of methoxy groups -OCH3 is 1. The van der Waals surface area contributed by atoms with Crippen LogP contribution in [0, 0.1) is 0 Å². The molecular formula is C15H15ClN2O3. The van der Waals surface area contributed by atoms with Gasteiger partial charge in [0.25, 0.3) is 5.91 Å². The summed E-state index contributed by atoms with van der Waals surface area (Å²) in [6, 6.07) is 6.36. The Morgan fingerprint density at radius 1 is 1.33 bits per heavy atom. The Balaban J connectivity index is 2.53. The summed E-state index contributed by atoms with van der Waals surface area (Å²) in [5, 5.41) is 4.10. The van der Waals surface area contributed by atoms with Crippen molar-refractivity contribution >= 4 is 34.1 Å². The van der Waals surface area contributed by atoms with Crippen LogP contribution in [0.25, 0.3) is 10.8 Å². The van der Waals surface area contributed by atoms with Gasteiger partial charge in [-0.3, -0.25) is 9.59 Å². The van der Waals surface area contributed by atoms with E-state index in [2.05, 4.69) is 10.3 Å². The number of fused-ring (bicyclic) bond motifs is 1.